The minimum Gasteiger partial charge on any atom is -0.310 e. The van der Waals surface area contributed by atoms with Gasteiger partial charge in [0.25, 0.3) is 0 Å². The summed E-state index contributed by atoms with van der Waals surface area (Å²) < 4.78 is 1.10. The molecule has 9 rings (SSSR count). The first kappa shape index (κ1) is 24.7. The summed E-state index contributed by atoms with van der Waals surface area (Å²) in [5, 5.41) is 2.51. The van der Waals surface area contributed by atoms with Crippen LogP contribution in [0.3, 0.4) is 0 Å². The highest BCUT2D eigenvalue weighted by molar-refractivity contribution is 9.10. The third kappa shape index (κ3) is 3.33. The molecule has 7 aromatic carbocycles. The topological polar surface area (TPSA) is 3.24 Å². The molecule has 1 spiro atoms. The molecular formula is C41H26BrN. The molecule has 0 amide bonds. The van der Waals surface area contributed by atoms with Crippen LogP contribution >= 0.6 is 15.9 Å². The minimum absolute atomic E-state index is 0.431. The number of hydrogen-bond acceptors (Lipinski definition) is 1. The van der Waals surface area contributed by atoms with Crippen molar-refractivity contribution in [1.29, 1.82) is 0 Å². The van der Waals surface area contributed by atoms with Crippen LogP contribution in [0.25, 0.3) is 33.0 Å². The molecule has 43 heavy (non-hydrogen) atoms. The second-order valence-corrected chi connectivity index (χ2v) is 12.3. The molecule has 2 aliphatic rings. The third-order valence-electron chi connectivity index (χ3n) is 9.30. The summed E-state index contributed by atoms with van der Waals surface area (Å²) in [6, 6.07) is 57.8. The summed E-state index contributed by atoms with van der Waals surface area (Å²) in [7, 11) is 0. The average molecular weight is 613 g/mol. The van der Waals surface area contributed by atoms with Crippen LogP contribution in [0.1, 0.15) is 22.3 Å². The monoisotopic (exact) mass is 611 g/mol. The van der Waals surface area contributed by atoms with Gasteiger partial charge in [0.05, 0.1) is 11.1 Å². The Labute approximate surface area is 259 Å². The van der Waals surface area contributed by atoms with Crippen molar-refractivity contribution in [1.82, 2.24) is 0 Å². The maximum atomic E-state index is 3.85. The van der Waals surface area contributed by atoms with Crippen LogP contribution < -0.4 is 4.90 Å². The molecule has 0 aromatic heterocycles. The summed E-state index contributed by atoms with van der Waals surface area (Å²) in [5.74, 6) is 0. The van der Waals surface area contributed by atoms with Gasteiger partial charge in [0.2, 0.25) is 0 Å². The molecule has 7 aromatic rings. The highest BCUT2D eigenvalue weighted by Gasteiger charge is 2.52. The zero-order valence-corrected chi connectivity index (χ0v) is 24.9. The number of nitrogens with zero attached hydrogens (tertiary/aromatic N) is 1. The first-order valence-electron chi connectivity index (χ1n) is 14.7. The summed E-state index contributed by atoms with van der Waals surface area (Å²) in [5.41, 5.74) is 13.7. The number of rotatable bonds is 3. The van der Waals surface area contributed by atoms with Gasteiger partial charge in [-0.1, -0.05) is 131 Å². The largest absolute Gasteiger partial charge is 0.310 e. The number of benzene rings is 7. The highest BCUT2D eigenvalue weighted by Crippen LogP contribution is 2.65. The van der Waals surface area contributed by atoms with E-state index in [0.717, 1.165) is 15.8 Å². The van der Waals surface area contributed by atoms with Crippen molar-refractivity contribution >= 4 is 43.8 Å². The average Bonchev–Trinajstić information content (AvgIpc) is 3.53. The summed E-state index contributed by atoms with van der Waals surface area (Å²) >= 11 is 3.85. The summed E-state index contributed by atoms with van der Waals surface area (Å²) in [6.45, 7) is 0. The van der Waals surface area contributed by atoms with Crippen LogP contribution in [0.5, 0.6) is 0 Å². The van der Waals surface area contributed by atoms with Crippen molar-refractivity contribution in [3.8, 4) is 22.3 Å². The molecule has 0 saturated heterocycles. The Balaban J connectivity index is 1.47. The van der Waals surface area contributed by atoms with Crippen molar-refractivity contribution in [3.05, 3.63) is 184 Å². The lowest BCUT2D eigenvalue weighted by Crippen LogP contribution is -2.26. The van der Waals surface area contributed by atoms with Crippen molar-refractivity contribution in [2.24, 2.45) is 0 Å². The van der Waals surface area contributed by atoms with Gasteiger partial charge >= 0.3 is 0 Å². The lowest BCUT2D eigenvalue weighted by atomic mass is 9.70. The van der Waals surface area contributed by atoms with E-state index in [1.165, 1.54) is 61.0 Å². The molecule has 0 fully saturated rings. The van der Waals surface area contributed by atoms with Gasteiger partial charge in [0, 0.05) is 21.2 Å². The van der Waals surface area contributed by atoms with E-state index >= 15 is 0 Å². The van der Waals surface area contributed by atoms with Gasteiger partial charge in [-0.2, -0.15) is 0 Å². The molecule has 0 aliphatic heterocycles. The van der Waals surface area contributed by atoms with E-state index in [2.05, 4.69) is 179 Å². The number of para-hydroxylation sites is 2. The predicted octanol–water partition coefficient (Wildman–Crippen LogP) is 11.4. The van der Waals surface area contributed by atoms with Gasteiger partial charge in [0.1, 0.15) is 0 Å². The Morgan fingerprint density at radius 2 is 0.953 bits per heavy atom. The fourth-order valence-corrected chi connectivity index (χ4v) is 8.07. The van der Waals surface area contributed by atoms with Crippen molar-refractivity contribution in [2.75, 3.05) is 4.90 Å². The fraction of sp³-hybridized carbons (Fsp3) is 0.0244. The summed E-state index contributed by atoms with van der Waals surface area (Å²) in [4.78, 5) is 2.42. The quantitative estimate of drug-likeness (QED) is 0.192. The van der Waals surface area contributed by atoms with Gasteiger partial charge in [-0.3, -0.25) is 0 Å². The molecular weight excluding hydrogens is 586 g/mol. The molecule has 0 saturated carbocycles. The lowest BCUT2D eigenvalue weighted by Gasteiger charge is -2.33. The van der Waals surface area contributed by atoms with Crippen molar-refractivity contribution in [3.63, 3.8) is 0 Å². The molecule has 0 bridgehead atoms. The molecule has 1 unspecified atom stereocenters. The Hall–Kier alpha value is -4.92. The van der Waals surface area contributed by atoms with E-state index in [-0.39, 0.29) is 0 Å². The Bertz CT molecular complexity index is 2160. The van der Waals surface area contributed by atoms with Gasteiger partial charge in [-0.15, -0.1) is 0 Å². The first-order chi connectivity index (χ1) is 21.3. The van der Waals surface area contributed by atoms with E-state index in [1.807, 2.05) is 0 Å². The second-order valence-electron chi connectivity index (χ2n) is 11.4. The molecule has 1 atom stereocenters. The normalized spacial score (nSPS) is 15.7. The van der Waals surface area contributed by atoms with E-state index in [0.29, 0.717) is 0 Å². The minimum atomic E-state index is -0.431. The molecule has 202 valence electrons. The zero-order valence-electron chi connectivity index (χ0n) is 23.3. The predicted molar refractivity (Wildman–Crippen MR) is 183 cm³/mol. The maximum Gasteiger partial charge on any atom is 0.0726 e. The second kappa shape index (κ2) is 9.29. The molecule has 1 nitrogen and oxygen atoms in total. The fourth-order valence-electron chi connectivity index (χ4n) is 7.71. The molecule has 2 heteroatoms. The van der Waals surface area contributed by atoms with E-state index in [1.54, 1.807) is 0 Å². The standard InChI is InChI=1S/C41H26BrN/c42-27-23-24-31-30-17-9-11-21-35(30)41(37(31)25-27)36-22-12-10-20-34(36)40-33-19-8-7-18-32(33)39(26-38(40)41)43(28-13-3-1-4-14-28)29-15-5-2-6-16-29/h1-26H. The van der Waals surface area contributed by atoms with Crippen LogP contribution in [-0.2, 0) is 5.41 Å². The molecule has 0 heterocycles. The molecule has 0 N–H and O–H groups in total. The smallest absolute Gasteiger partial charge is 0.0726 e. The van der Waals surface area contributed by atoms with Crippen LogP contribution in [0.4, 0.5) is 17.1 Å². The molecule has 2 aliphatic carbocycles. The highest BCUT2D eigenvalue weighted by atomic mass is 79.9. The SMILES string of the molecule is Brc1ccc2c(c1)C1(c3ccccc3-2)c2ccccc2-c2c1cc(N(c1ccccc1)c1ccccc1)c1ccccc21. The van der Waals surface area contributed by atoms with Crippen LogP contribution in [-0.4, -0.2) is 0 Å². The van der Waals surface area contributed by atoms with Crippen molar-refractivity contribution in [2.45, 2.75) is 5.41 Å². The number of anilines is 3. The van der Waals surface area contributed by atoms with Gasteiger partial charge in [0.15, 0.2) is 0 Å². The van der Waals surface area contributed by atoms with Crippen molar-refractivity contribution < 1.29 is 0 Å². The Morgan fingerprint density at radius 1 is 0.419 bits per heavy atom. The lowest BCUT2D eigenvalue weighted by molar-refractivity contribution is 0.793. The van der Waals surface area contributed by atoms with Gasteiger partial charge < -0.3 is 4.90 Å². The number of fused-ring (bicyclic) bond motifs is 12. The van der Waals surface area contributed by atoms with Crippen LogP contribution in [0, 0.1) is 0 Å². The Kier molecular flexibility index (Phi) is 5.33. The maximum absolute atomic E-state index is 3.85. The molecule has 0 radical (unpaired) electrons. The van der Waals surface area contributed by atoms with Crippen LogP contribution in [0.15, 0.2) is 162 Å². The number of hydrogen-bond donors (Lipinski definition) is 0. The van der Waals surface area contributed by atoms with E-state index < -0.39 is 5.41 Å². The van der Waals surface area contributed by atoms with Gasteiger partial charge in [-0.25, -0.2) is 0 Å². The van der Waals surface area contributed by atoms with E-state index in [9.17, 15) is 0 Å². The van der Waals surface area contributed by atoms with Crippen LogP contribution in [0.2, 0.25) is 0 Å². The summed E-state index contributed by atoms with van der Waals surface area (Å²) in [6.07, 6.45) is 0. The first-order valence-corrected chi connectivity index (χ1v) is 15.5. The number of halogens is 1. The third-order valence-corrected chi connectivity index (χ3v) is 9.80. The zero-order chi connectivity index (χ0) is 28.5. The van der Waals surface area contributed by atoms with E-state index in [4.69, 9.17) is 0 Å². The Morgan fingerprint density at radius 3 is 1.65 bits per heavy atom. The van der Waals surface area contributed by atoms with Gasteiger partial charge in [-0.05, 0) is 92.4 Å².